The van der Waals surface area contributed by atoms with Crippen molar-refractivity contribution < 1.29 is 9.53 Å². The zero-order valence-corrected chi connectivity index (χ0v) is 16.1. The lowest BCUT2D eigenvalue weighted by Crippen LogP contribution is -2.26. The Kier molecular flexibility index (Phi) is 5.64. The second-order valence-corrected chi connectivity index (χ2v) is 7.11. The Hall–Kier alpha value is -2.77. The number of pyridine rings is 1. The van der Waals surface area contributed by atoms with Crippen LogP contribution in [0.1, 0.15) is 23.4 Å². The lowest BCUT2D eigenvalue weighted by Gasteiger charge is -2.20. The standard InChI is InChI=1S/C21H25N5O2/c1-28-15-21(27)23-12-17-11-18-14-25(9-4-10-26(18)24-17)13-16-7-8-22-20-6-3-2-5-19(16)20/h2-3,5-8,11H,4,9-10,12-15H2,1H3,(H,23,27). The van der Waals surface area contributed by atoms with E-state index in [-0.39, 0.29) is 12.5 Å². The van der Waals surface area contributed by atoms with Crippen molar-refractivity contribution in [1.82, 2.24) is 25.0 Å². The first-order valence-corrected chi connectivity index (χ1v) is 9.59. The van der Waals surface area contributed by atoms with Crippen LogP contribution < -0.4 is 5.32 Å². The highest BCUT2D eigenvalue weighted by molar-refractivity contribution is 5.81. The Morgan fingerprint density at radius 3 is 3.04 bits per heavy atom. The lowest BCUT2D eigenvalue weighted by atomic mass is 10.1. The Morgan fingerprint density at radius 1 is 1.25 bits per heavy atom. The van der Waals surface area contributed by atoms with Gasteiger partial charge in [-0.3, -0.25) is 19.4 Å². The maximum absolute atomic E-state index is 11.6. The van der Waals surface area contributed by atoms with Crippen LogP contribution in [0.15, 0.2) is 42.6 Å². The predicted octanol–water partition coefficient (Wildman–Crippen LogP) is 2.10. The average molecular weight is 379 g/mol. The van der Waals surface area contributed by atoms with Crippen LogP contribution in [0.5, 0.6) is 0 Å². The van der Waals surface area contributed by atoms with Crippen LogP contribution in [-0.2, 0) is 35.7 Å². The number of methoxy groups -OCH3 is 1. The summed E-state index contributed by atoms with van der Waals surface area (Å²) in [6.45, 7) is 4.15. The number of carbonyl (C=O) groups is 1. The number of ether oxygens (including phenoxy) is 1. The van der Waals surface area contributed by atoms with Gasteiger partial charge in [-0.1, -0.05) is 18.2 Å². The van der Waals surface area contributed by atoms with E-state index in [0.29, 0.717) is 6.54 Å². The molecule has 4 rings (SSSR count). The van der Waals surface area contributed by atoms with Gasteiger partial charge in [0.2, 0.25) is 5.91 Å². The number of nitrogens with one attached hydrogen (secondary N) is 1. The zero-order valence-electron chi connectivity index (χ0n) is 16.1. The van der Waals surface area contributed by atoms with Gasteiger partial charge in [-0.15, -0.1) is 0 Å². The summed E-state index contributed by atoms with van der Waals surface area (Å²) in [5.74, 6) is -0.128. The van der Waals surface area contributed by atoms with Crippen LogP contribution in [0.3, 0.4) is 0 Å². The summed E-state index contributed by atoms with van der Waals surface area (Å²) >= 11 is 0. The van der Waals surface area contributed by atoms with E-state index >= 15 is 0 Å². The van der Waals surface area contributed by atoms with Crippen LogP contribution in [0, 0.1) is 0 Å². The van der Waals surface area contributed by atoms with Crippen molar-refractivity contribution in [1.29, 1.82) is 0 Å². The van der Waals surface area contributed by atoms with Crippen molar-refractivity contribution in [3.63, 3.8) is 0 Å². The lowest BCUT2D eigenvalue weighted by molar-refractivity contribution is -0.124. The van der Waals surface area contributed by atoms with Gasteiger partial charge < -0.3 is 10.1 Å². The van der Waals surface area contributed by atoms with E-state index in [1.54, 1.807) is 0 Å². The minimum absolute atomic E-state index is 0.0707. The topological polar surface area (TPSA) is 72.3 Å². The normalized spacial score (nSPS) is 14.6. The molecule has 1 amide bonds. The second-order valence-electron chi connectivity index (χ2n) is 7.11. The first-order valence-electron chi connectivity index (χ1n) is 9.59. The summed E-state index contributed by atoms with van der Waals surface area (Å²) in [5.41, 5.74) is 4.40. The first-order chi connectivity index (χ1) is 13.7. The minimum atomic E-state index is -0.128. The minimum Gasteiger partial charge on any atom is -0.375 e. The molecule has 1 N–H and O–H groups in total. The van der Waals surface area contributed by atoms with Gasteiger partial charge in [-0.25, -0.2) is 0 Å². The third-order valence-corrected chi connectivity index (χ3v) is 5.02. The summed E-state index contributed by atoms with van der Waals surface area (Å²) in [5, 5.41) is 8.71. The van der Waals surface area contributed by atoms with E-state index in [9.17, 15) is 4.79 Å². The number of hydrogen-bond donors (Lipinski definition) is 1. The first kappa shape index (κ1) is 18.6. The molecule has 0 fully saturated rings. The summed E-state index contributed by atoms with van der Waals surface area (Å²) in [6.07, 6.45) is 2.94. The molecule has 2 aromatic heterocycles. The van der Waals surface area contributed by atoms with Crippen molar-refractivity contribution in [2.24, 2.45) is 0 Å². The molecule has 0 saturated heterocycles. The fourth-order valence-corrected chi connectivity index (χ4v) is 3.71. The third kappa shape index (κ3) is 4.21. The monoisotopic (exact) mass is 379 g/mol. The highest BCUT2D eigenvalue weighted by atomic mass is 16.5. The molecule has 0 saturated carbocycles. The van der Waals surface area contributed by atoms with Crippen molar-refractivity contribution in [2.75, 3.05) is 20.3 Å². The summed E-state index contributed by atoms with van der Waals surface area (Å²) in [7, 11) is 1.51. The molecule has 1 aliphatic rings. The van der Waals surface area contributed by atoms with Gasteiger partial charge in [0.05, 0.1) is 23.4 Å². The summed E-state index contributed by atoms with van der Waals surface area (Å²) in [4.78, 5) is 18.5. The number of nitrogens with zero attached hydrogens (tertiary/aromatic N) is 4. The molecule has 0 unspecified atom stereocenters. The number of fused-ring (bicyclic) bond motifs is 2. The van der Waals surface area contributed by atoms with Gasteiger partial charge in [0.25, 0.3) is 0 Å². The third-order valence-electron chi connectivity index (χ3n) is 5.02. The Balaban J connectivity index is 1.46. The molecule has 7 heteroatoms. The molecule has 0 atom stereocenters. The molecular formula is C21H25N5O2. The van der Waals surface area contributed by atoms with Crippen molar-refractivity contribution in [3.8, 4) is 0 Å². The molecule has 28 heavy (non-hydrogen) atoms. The van der Waals surface area contributed by atoms with E-state index in [4.69, 9.17) is 4.74 Å². The largest absolute Gasteiger partial charge is 0.375 e. The van der Waals surface area contributed by atoms with Crippen molar-refractivity contribution >= 4 is 16.8 Å². The van der Waals surface area contributed by atoms with E-state index in [1.165, 1.54) is 23.8 Å². The van der Waals surface area contributed by atoms with Gasteiger partial charge >= 0.3 is 0 Å². The zero-order chi connectivity index (χ0) is 19.3. The van der Waals surface area contributed by atoms with Crippen LogP contribution in [0.4, 0.5) is 0 Å². The number of benzene rings is 1. The van der Waals surface area contributed by atoms with Crippen LogP contribution >= 0.6 is 0 Å². The summed E-state index contributed by atoms with van der Waals surface area (Å²) in [6, 6.07) is 12.5. The number of aryl methyl sites for hydroxylation is 1. The number of aromatic nitrogens is 3. The SMILES string of the molecule is COCC(=O)NCc1cc2n(n1)CCCN(Cc1ccnc3ccccc13)C2. The number of hydrogen-bond acceptors (Lipinski definition) is 5. The van der Waals surface area contributed by atoms with E-state index in [0.717, 1.165) is 43.8 Å². The maximum Gasteiger partial charge on any atom is 0.246 e. The average Bonchev–Trinajstić information content (AvgIpc) is 2.99. The molecule has 0 spiro atoms. The molecular weight excluding hydrogens is 354 g/mol. The fourth-order valence-electron chi connectivity index (χ4n) is 3.71. The van der Waals surface area contributed by atoms with E-state index in [2.05, 4.69) is 55.3 Å². The van der Waals surface area contributed by atoms with E-state index < -0.39 is 0 Å². The molecule has 146 valence electrons. The Labute approximate surface area is 164 Å². The quantitative estimate of drug-likeness (QED) is 0.710. The molecule has 3 heterocycles. The second kappa shape index (κ2) is 8.50. The molecule has 7 nitrogen and oxygen atoms in total. The fraction of sp³-hybridized carbons (Fsp3) is 0.381. The predicted molar refractivity (Wildman–Crippen MR) is 106 cm³/mol. The Morgan fingerprint density at radius 2 is 2.14 bits per heavy atom. The molecule has 1 aromatic carbocycles. The van der Waals surface area contributed by atoms with Gasteiger partial charge in [0.1, 0.15) is 6.61 Å². The number of carbonyl (C=O) groups excluding carboxylic acids is 1. The number of amides is 1. The Bertz CT molecular complexity index is 963. The number of rotatable bonds is 6. The van der Waals surface area contributed by atoms with E-state index in [1.807, 2.05) is 12.3 Å². The summed E-state index contributed by atoms with van der Waals surface area (Å²) < 4.78 is 6.91. The van der Waals surface area contributed by atoms with Crippen molar-refractivity contribution in [3.05, 3.63) is 59.5 Å². The molecule has 0 bridgehead atoms. The highest BCUT2D eigenvalue weighted by Gasteiger charge is 2.18. The smallest absolute Gasteiger partial charge is 0.246 e. The molecule has 0 radical (unpaired) electrons. The van der Waals surface area contributed by atoms with Gasteiger partial charge in [-0.05, 0) is 30.2 Å². The van der Waals surface area contributed by atoms with Gasteiger partial charge in [-0.2, -0.15) is 5.10 Å². The maximum atomic E-state index is 11.6. The number of para-hydroxylation sites is 1. The molecule has 0 aliphatic carbocycles. The van der Waals surface area contributed by atoms with Gasteiger partial charge in [0, 0.05) is 44.9 Å². The molecule has 1 aliphatic heterocycles. The van der Waals surface area contributed by atoms with Gasteiger partial charge in [0.15, 0.2) is 0 Å². The van der Waals surface area contributed by atoms with Crippen LogP contribution in [0.25, 0.3) is 10.9 Å². The highest BCUT2D eigenvalue weighted by Crippen LogP contribution is 2.21. The van der Waals surface area contributed by atoms with Crippen molar-refractivity contribution in [2.45, 2.75) is 32.6 Å². The van der Waals surface area contributed by atoms with Crippen LogP contribution in [-0.4, -0.2) is 45.8 Å². The van der Waals surface area contributed by atoms with Crippen LogP contribution in [0.2, 0.25) is 0 Å². The molecule has 3 aromatic rings.